The minimum absolute atomic E-state index is 0.270. The van der Waals surface area contributed by atoms with E-state index in [4.69, 9.17) is 17.3 Å². The van der Waals surface area contributed by atoms with Crippen molar-refractivity contribution in [1.29, 1.82) is 0 Å². The van der Waals surface area contributed by atoms with Crippen LogP contribution in [0, 0.1) is 12.7 Å². The quantitative estimate of drug-likeness (QED) is 0.923. The number of hydrogen-bond acceptors (Lipinski definition) is 2. The second-order valence-electron chi connectivity index (χ2n) is 4.34. The molecule has 2 aromatic rings. The Morgan fingerprint density at radius 3 is 2.78 bits per heavy atom. The molecule has 94 valence electrons. The topological polar surface area (TPSA) is 38.9 Å². The molecule has 1 atom stereocenters. The summed E-state index contributed by atoms with van der Waals surface area (Å²) in [6.45, 7) is 1.95. The van der Waals surface area contributed by atoms with Crippen molar-refractivity contribution in [2.24, 2.45) is 5.73 Å². The lowest BCUT2D eigenvalue weighted by Crippen LogP contribution is -2.14. The van der Waals surface area contributed by atoms with Gasteiger partial charge in [0.15, 0.2) is 0 Å². The fourth-order valence-electron chi connectivity index (χ4n) is 1.82. The van der Waals surface area contributed by atoms with Crippen LogP contribution >= 0.6 is 11.6 Å². The highest BCUT2D eigenvalue weighted by Crippen LogP contribution is 2.20. The highest BCUT2D eigenvalue weighted by atomic mass is 35.5. The van der Waals surface area contributed by atoms with Crippen LogP contribution < -0.4 is 5.73 Å². The van der Waals surface area contributed by atoms with Crippen LogP contribution in [0.15, 0.2) is 36.7 Å². The van der Waals surface area contributed by atoms with E-state index in [2.05, 4.69) is 4.98 Å². The van der Waals surface area contributed by atoms with Crippen LogP contribution in [0.3, 0.4) is 0 Å². The van der Waals surface area contributed by atoms with E-state index >= 15 is 0 Å². The summed E-state index contributed by atoms with van der Waals surface area (Å²) in [4.78, 5) is 4.09. The zero-order chi connectivity index (χ0) is 13.1. The van der Waals surface area contributed by atoms with Gasteiger partial charge in [0.25, 0.3) is 0 Å². The van der Waals surface area contributed by atoms with E-state index in [0.29, 0.717) is 17.0 Å². The van der Waals surface area contributed by atoms with Crippen LogP contribution in [-0.2, 0) is 6.42 Å². The summed E-state index contributed by atoms with van der Waals surface area (Å²) >= 11 is 5.71. The summed E-state index contributed by atoms with van der Waals surface area (Å²) in [5, 5.41) is 0.391. The van der Waals surface area contributed by atoms with Gasteiger partial charge >= 0.3 is 0 Å². The molecule has 0 aliphatic carbocycles. The minimum atomic E-state index is -0.321. The molecule has 18 heavy (non-hydrogen) atoms. The minimum Gasteiger partial charge on any atom is -0.324 e. The monoisotopic (exact) mass is 264 g/mol. The van der Waals surface area contributed by atoms with Gasteiger partial charge in [0, 0.05) is 23.5 Å². The zero-order valence-corrected chi connectivity index (χ0v) is 10.8. The molecule has 1 heterocycles. The summed E-state index contributed by atoms with van der Waals surface area (Å²) in [5.41, 5.74) is 8.57. The molecule has 2 rings (SSSR count). The Labute approximate surface area is 111 Å². The van der Waals surface area contributed by atoms with Gasteiger partial charge in [-0.3, -0.25) is 4.98 Å². The van der Waals surface area contributed by atoms with E-state index < -0.39 is 0 Å². The molecular weight excluding hydrogens is 251 g/mol. The standard InChI is InChI=1S/C14H14ClFN2/c1-9-4-11(8-18-7-9)14(17)5-10-2-3-12(15)6-13(10)16/h2-4,6-8,14H,5,17H2,1H3. The Bertz CT molecular complexity index is 557. The average molecular weight is 265 g/mol. The predicted octanol–water partition coefficient (Wildman–Crippen LogP) is 3.43. The highest BCUT2D eigenvalue weighted by molar-refractivity contribution is 6.30. The molecule has 0 amide bonds. The molecule has 2 nitrogen and oxygen atoms in total. The van der Waals surface area contributed by atoms with Crippen molar-refractivity contribution >= 4 is 11.6 Å². The van der Waals surface area contributed by atoms with Gasteiger partial charge in [-0.1, -0.05) is 23.7 Å². The van der Waals surface area contributed by atoms with Crippen molar-refractivity contribution in [3.63, 3.8) is 0 Å². The van der Waals surface area contributed by atoms with Crippen LogP contribution in [0.25, 0.3) is 0 Å². The summed E-state index contributed by atoms with van der Waals surface area (Å²) in [7, 11) is 0. The van der Waals surface area contributed by atoms with Crippen molar-refractivity contribution in [3.05, 3.63) is 64.2 Å². The number of rotatable bonds is 3. The first kappa shape index (κ1) is 13.0. The van der Waals surface area contributed by atoms with Gasteiger partial charge in [-0.15, -0.1) is 0 Å². The third kappa shape index (κ3) is 3.06. The molecule has 0 radical (unpaired) electrons. The molecular formula is C14H14ClFN2. The highest BCUT2D eigenvalue weighted by Gasteiger charge is 2.11. The summed E-state index contributed by atoms with van der Waals surface area (Å²) in [6.07, 6.45) is 3.90. The number of nitrogens with two attached hydrogens (primary N) is 1. The Kier molecular flexibility index (Phi) is 3.94. The summed E-state index contributed by atoms with van der Waals surface area (Å²) in [6, 6.07) is 6.33. The fraction of sp³-hybridized carbons (Fsp3) is 0.214. The lowest BCUT2D eigenvalue weighted by molar-refractivity contribution is 0.593. The number of halogens is 2. The number of aromatic nitrogens is 1. The molecule has 0 aliphatic rings. The number of benzene rings is 1. The Hall–Kier alpha value is -1.45. The van der Waals surface area contributed by atoms with Gasteiger partial charge < -0.3 is 5.73 Å². The number of hydrogen-bond donors (Lipinski definition) is 1. The molecule has 0 saturated carbocycles. The SMILES string of the molecule is Cc1cncc(C(N)Cc2ccc(Cl)cc2F)c1. The van der Waals surface area contributed by atoms with Gasteiger partial charge in [0.1, 0.15) is 5.82 Å². The summed E-state index contributed by atoms with van der Waals surface area (Å²) in [5.74, 6) is -0.321. The van der Waals surface area contributed by atoms with Crippen LogP contribution in [0.1, 0.15) is 22.7 Å². The van der Waals surface area contributed by atoms with Crippen LogP contribution in [0.4, 0.5) is 4.39 Å². The smallest absolute Gasteiger partial charge is 0.127 e. The fourth-order valence-corrected chi connectivity index (χ4v) is 1.98. The van der Waals surface area contributed by atoms with Crippen molar-refractivity contribution in [2.75, 3.05) is 0 Å². The molecule has 4 heteroatoms. The van der Waals surface area contributed by atoms with E-state index in [0.717, 1.165) is 11.1 Å². The second kappa shape index (κ2) is 5.46. The molecule has 0 saturated heterocycles. The Morgan fingerprint density at radius 1 is 1.33 bits per heavy atom. The lowest BCUT2D eigenvalue weighted by Gasteiger charge is -2.13. The number of pyridine rings is 1. The maximum absolute atomic E-state index is 13.7. The molecule has 1 aromatic heterocycles. The van der Waals surface area contributed by atoms with Crippen molar-refractivity contribution in [1.82, 2.24) is 4.98 Å². The largest absolute Gasteiger partial charge is 0.324 e. The van der Waals surface area contributed by atoms with Gasteiger partial charge in [-0.25, -0.2) is 4.39 Å². The molecule has 1 unspecified atom stereocenters. The van der Waals surface area contributed by atoms with Gasteiger partial charge in [0.05, 0.1) is 0 Å². The maximum atomic E-state index is 13.7. The number of nitrogens with zero attached hydrogens (tertiary/aromatic N) is 1. The van der Waals surface area contributed by atoms with Crippen LogP contribution in [0.5, 0.6) is 0 Å². The lowest BCUT2D eigenvalue weighted by atomic mass is 10.00. The molecule has 1 aromatic carbocycles. The van der Waals surface area contributed by atoms with Crippen LogP contribution in [0.2, 0.25) is 5.02 Å². The molecule has 2 N–H and O–H groups in total. The summed E-state index contributed by atoms with van der Waals surface area (Å²) < 4.78 is 13.7. The first-order valence-corrected chi connectivity index (χ1v) is 6.05. The van der Waals surface area contributed by atoms with Gasteiger partial charge in [-0.05, 0) is 42.2 Å². The van der Waals surface area contributed by atoms with Crippen molar-refractivity contribution in [3.8, 4) is 0 Å². The normalized spacial score (nSPS) is 12.4. The van der Waals surface area contributed by atoms with Crippen molar-refractivity contribution in [2.45, 2.75) is 19.4 Å². The van der Waals surface area contributed by atoms with E-state index in [9.17, 15) is 4.39 Å². The van der Waals surface area contributed by atoms with Crippen LogP contribution in [-0.4, -0.2) is 4.98 Å². The average Bonchev–Trinajstić information content (AvgIpc) is 2.32. The predicted molar refractivity (Wildman–Crippen MR) is 71.0 cm³/mol. The Balaban J connectivity index is 2.18. The third-order valence-corrected chi connectivity index (χ3v) is 3.01. The molecule has 0 fully saturated rings. The molecule has 0 aliphatic heterocycles. The van der Waals surface area contributed by atoms with Gasteiger partial charge in [0.2, 0.25) is 0 Å². The third-order valence-electron chi connectivity index (χ3n) is 2.78. The molecule has 0 bridgehead atoms. The number of aryl methyl sites for hydroxylation is 1. The first-order valence-electron chi connectivity index (χ1n) is 5.67. The van der Waals surface area contributed by atoms with E-state index in [-0.39, 0.29) is 11.9 Å². The first-order chi connectivity index (χ1) is 8.56. The van der Waals surface area contributed by atoms with Crippen molar-refractivity contribution < 1.29 is 4.39 Å². The molecule has 0 spiro atoms. The maximum Gasteiger partial charge on any atom is 0.127 e. The van der Waals surface area contributed by atoms with Gasteiger partial charge in [-0.2, -0.15) is 0 Å². The zero-order valence-electron chi connectivity index (χ0n) is 10.0. The van der Waals surface area contributed by atoms with E-state index in [1.807, 2.05) is 13.0 Å². The van der Waals surface area contributed by atoms with E-state index in [1.165, 1.54) is 6.07 Å². The van der Waals surface area contributed by atoms with E-state index in [1.54, 1.807) is 24.5 Å². The Morgan fingerprint density at radius 2 is 2.11 bits per heavy atom. The second-order valence-corrected chi connectivity index (χ2v) is 4.78.